The van der Waals surface area contributed by atoms with Crippen molar-refractivity contribution in [3.8, 4) is 0 Å². The van der Waals surface area contributed by atoms with Crippen LogP contribution >= 0.6 is 0 Å². The molecule has 0 spiro atoms. The third-order valence-corrected chi connectivity index (χ3v) is 4.83. The van der Waals surface area contributed by atoms with E-state index in [0.717, 1.165) is 19.4 Å². The number of carbonyl (C=O) groups is 1. The topological polar surface area (TPSA) is 46.3 Å². The Kier molecular flexibility index (Phi) is 5.04. The summed E-state index contributed by atoms with van der Waals surface area (Å²) in [4.78, 5) is 14.9. The average Bonchev–Trinajstić information content (AvgIpc) is 3.00. The maximum Gasteiger partial charge on any atom is 0.226 e. The normalized spacial score (nSPS) is 28.8. The van der Waals surface area contributed by atoms with E-state index in [0.29, 0.717) is 30.3 Å². The molecule has 3 heteroatoms. The average molecular weight is 252 g/mol. The molecule has 0 heterocycles. The zero-order chi connectivity index (χ0) is 13.0. The van der Waals surface area contributed by atoms with Crippen LogP contribution < -0.4 is 5.73 Å². The van der Waals surface area contributed by atoms with Crippen LogP contribution in [0.5, 0.6) is 0 Å². The zero-order valence-corrected chi connectivity index (χ0v) is 11.7. The van der Waals surface area contributed by atoms with E-state index >= 15 is 0 Å². The molecule has 2 aliphatic carbocycles. The summed E-state index contributed by atoms with van der Waals surface area (Å²) in [5.41, 5.74) is 5.62. The van der Waals surface area contributed by atoms with Crippen molar-refractivity contribution in [2.75, 3.05) is 13.1 Å². The van der Waals surface area contributed by atoms with Gasteiger partial charge in [0, 0.05) is 18.5 Å². The highest BCUT2D eigenvalue weighted by molar-refractivity contribution is 5.79. The molecule has 2 saturated carbocycles. The van der Waals surface area contributed by atoms with E-state index in [1.54, 1.807) is 0 Å². The molecule has 0 radical (unpaired) electrons. The lowest BCUT2D eigenvalue weighted by molar-refractivity contribution is -0.138. The monoisotopic (exact) mass is 252 g/mol. The lowest BCUT2D eigenvalue weighted by Crippen LogP contribution is -2.44. The van der Waals surface area contributed by atoms with E-state index in [4.69, 9.17) is 5.73 Å². The quantitative estimate of drug-likeness (QED) is 0.817. The lowest BCUT2D eigenvalue weighted by atomic mass is 9.95. The molecule has 0 aromatic rings. The van der Waals surface area contributed by atoms with Crippen LogP contribution in [0.4, 0.5) is 0 Å². The summed E-state index contributed by atoms with van der Waals surface area (Å²) in [5, 5.41) is 0. The van der Waals surface area contributed by atoms with Gasteiger partial charge in [0.1, 0.15) is 0 Å². The molecule has 2 aliphatic rings. The molecule has 104 valence electrons. The highest BCUT2D eigenvalue weighted by atomic mass is 16.2. The number of hydrogen-bond donors (Lipinski definition) is 1. The van der Waals surface area contributed by atoms with Crippen LogP contribution in [0.1, 0.15) is 58.3 Å². The van der Waals surface area contributed by atoms with E-state index in [1.165, 1.54) is 38.5 Å². The molecule has 0 saturated heterocycles. The second kappa shape index (κ2) is 6.55. The van der Waals surface area contributed by atoms with Crippen molar-refractivity contribution in [2.24, 2.45) is 17.6 Å². The fourth-order valence-electron chi connectivity index (χ4n) is 3.68. The molecule has 0 aliphatic heterocycles. The van der Waals surface area contributed by atoms with Crippen molar-refractivity contribution in [2.45, 2.75) is 64.3 Å². The molecule has 1 amide bonds. The number of amides is 1. The first-order valence-corrected chi connectivity index (χ1v) is 7.74. The van der Waals surface area contributed by atoms with Crippen molar-refractivity contribution in [1.82, 2.24) is 4.90 Å². The molecule has 0 aromatic carbocycles. The molecule has 2 atom stereocenters. The van der Waals surface area contributed by atoms with Crippen molar-refractivity contribution in [3.05, 3.63) is 0 Å². The van der Waals surface area contributed by atoms with Crippen LogP contribution in [0.2, 0.25) is 0 Å². The summed E-state index contributed by atoms with van der Waals surface area (Å²) in [6.07, 6.45) is 9.50. The van der Waals surface area contributed by atoms with Gasteiger partial charge in [-0.2, -0.15) is 0 Å². The second-order valence-corrected chi connectivity index (χ2v) is 6.13. The van der Waals surface area contributed by atoms with Crippen molar-refractivity contribution in [1.29, 1.82) is 0 Å². The maximum absolute atomic E-state index is 12.7. The van der Waals surface area contributed by atoms with Gasteiger partial charge in [-0.3, -0.25) is 4.79 Å². The van der Waals surface area contributed by atoms with Gasteiger partial charge in [-0.1, -0.05) is 26.2 Å². The first-order chi connectivity index (χ1) is 8.74. The van der Waals surface area contributed by atoms with Gasteiger partial charge in [0.2, 0.25) is 5.91 Å². The van der Waals surface area contributed by atoms with Crippen LogP contribution in [0, 0.1) is 11.8 Å². The highest BCUT2D eigenvalue weighted by Gasteiger charge is 2.35. The third-order valence-electron chi connectivity index (χ3n) is 4.83. The summed E-state index contributed by atoms with van der Waals surface area (Å²) >= 11 is 0. The van der Waals surface area contributed by atoms with E-state index < -0.39 is 0 Å². The highest BCUT2D eigenvalue weighted by Crippen LogP contribution is 2.34. The minimum Gasteiger partial charge on any atom is -0.339 e. The van der Waals surface area contributed by atoms with E-state index in [1.807, 2.05) is 0 Å². The Hall–Kier alpha value is -0.570. The Morgan fingerprint density at radius 1 is 1.17 bits per heavy atom. The zero-order valence-electron chi connectivity index (χ0n) is 11.7. The van der Waals surface area contributed by atoms with Crippen LogP contribution in [-0.2, 0) is 4.79 Å². The van der Waals surface area contributed by atoms with Gasteiger partial charge in [0.25, 0.3) is 0 Å². The van der Waals surface area contributed by atoms with Crippen LogP contribution in [0.15, 0.2) is 0 Å². The Morgan fingerprint density at radius 3 is 2.44 bits per heavy atom. The molecule has 2 N–H and O–H groups in total. The molecule has 0 bridgehead atoms. The minimum absolute atomic E-state index is 0.295. The van der Waals surface area contributed by atoms with Gasteiger partial charge in [0.15, 0.2) is 0 Å². The fourth-order valence-corrected chi connectivity index (χ4v) is 3.68. The molecule has 2 unspecified atom stereocenters. The maximum atomic E-state index is 12.7. The first kappa shape index (κ1) is 13.9. The van der Waals surface area contributed by atoms with Crippen molar-refractivity contribution >= 4 is 5.91 Å². The summed E-state index contributed by atoms with van der Waals surface area (Å²) < 4.78 is 0. The number of rotatable bonds is 5. The van der Waals surface area contributed by atoms with Gasteiger partial charge in [-0.15, -0.1) is 0 Å². The van der Waals surface area contributed by atoms with Crippen molar-refractivity contribution in [3.63, 3.8) is 0 Å². The summed E-state index contributed by atoms with van der Waals surface area (Å²) in [6.45, 7) is 3.81. The van der Waals surface area contributed by atoms with Gasteiger partial charge >= 0.3 is 0 Å². The Balaban J connectivity index is 1.99. The van der Waals surface area contributed by atoms with E-state index in [9.17, 15) is 4.79 Å². The molecule has 0 aromatic heterocycles. The Morgan fingerprint density at radius 2 is 1.89 bits per heavy atom. The summed E-state index contributed by atoms with van der Waals surface area (Å²) in [7, 11) is 0. The SMILES string of the molecule is CC1CCCC1C(=O)N(CCCN)C1CCCC1. The van der Waals surface area contributed by atoms with Gasteiger partial charge in [-0.25, -0.2) is 0 Å². The van der Waals surface area contributed by atoms with Gasteiger partial charge in [-0.05, 0) is 44.6 Å². The van der Waals surface area contributed by atoms with Crippen molar-refractivity contribution < 1.29 is 4.79 Å². The minimum atomic E-state index is 0.295. The molecule has 2 fully saturated rings. The molecule has 2 rings (SSSR count). The predicted octanol–water partition coefficient (Wildman–Crippen LogP) is 2.54. The molecule has 3 nitrogen and oxygen atoms in total. The van der Waals surface area contributed by atoms with Gasteiger partial charge < -0.3 is 10.6 Å². The predicted molar refractivity (Wildman–Crippen MR) is 74.1 cm³/mol. The van der Waals surface area contributed by atoms with Crippen LogP contribution in [0.25, 0.3) is 0 Å². The summed E-state index contributed by atoms with van der Waals surface area (Å²) in [6, 6.07) is 0.511. The Bertz CT molecular complexity index is 274. The van der Waals surface area contributed by atoms with Gasteiger partial charge in [0.05, 0.1) is 0 Å². The number of nitrogens with two attached hydrogens (primary N) is 1. The molecular formula is C15H28N2O. The fraction of sp³-hybridized carbons (Fsp3) is 0.933. The second-order valence-electron chi connectivity index (χ2n) is 6.13. The first-order valence-electron chi connectivity index (χ1n) is 7.74. The summed E-state index contributed by atoms with van der Waals surface area (Å²) in [5.74, 6) is 1.31. The third kappa shape index (κ3) is 3.05. The Labute approximate surface area is 111 Å². The largest absolute Gasteiger partial charge is 0.339 e. The van der Waals surface area contributed by atoms with Crippen LogP contribution in [0.3, 0.4) is 0 Å². The van der Waals surface area contributed by atoms with E-state index in [-0.39, 0.29) is 0 Å². The van der Waals surface area contributed by atoms with E-state index in [2.05, 4.69) is 11.8 Å². The smallest absolute Gasteiger partial charge is 0.226 e. The number of hydrogen-bond acceptors (Lipinski definition) is 2. The number of nitrogens with zero attached hydrogens (tertiary/aromatic N) is 1. The standard InChI is InChI=1S/C15H28N2O/c1-12-6-4-9-14(12)15(18)17(11-5-10-16)13-7-2-3-8-13/h12-14H,2-11,16H2,1H3. The number of carbonyl (C=O) groups excluding carboxylic acids is 1. The molecule has 18 heavy (non-hydrogen) atoms. The van der Waals surface area contributed by atoms with Crippen LogP contribution in [-0.4, -0.2) is 29.9 Å². The molecular weight excluding hydrogens is 224 g/mol. The lowest BCUT2D eigenvalue weighted by Gasteiger charge is -2.32.